The maximum absolute atomic E-state index is 12.1. The predicted molar refractivity (Wildman–Crippen MR) is 90.0 cm³/mol. The van der Waals surface area contributed by atoms with Crippen LogP contribution in [-0.4, -0.2) is 45.1 Å². The summed E-state index contributed by atoms with van der Waals surface area (Å²) in [6, 6.07) is 7.14. The van der Waals surface area contributed by atoms with Gasteiger partial charge < -0.3 is 14.5 Å². The van der Waals surface area contributed by atoms with Crippen molar-refractivity contribution in [2.75, 3.05) is 13.1 Å². The Morgan fingerprint density at radius 2 is 2.08 bits per heavy atom. The highest BCUT2D eigenvalue weighted by atomic mass is 35.5. The van der Waals surface area contributed by atoms with Gasteiger partial charge in [-0.2, -0.15) is 4.98 Å². The minimum Gasteiger partial charge on any atom is -0.481 e. The van der Waals surface area contributed by atoms with E-state index in [0.29, 0.717) is 55.5 Å². The van der Waals surface area contributed by atoms with E-state index in [0.717, 1.165) is 5.56 Å². The van der Waals surface area contributed by atoms with E-state index < -0.39 is 11.9 Å². The number of carbonyl (C=O) groups excluding carboxylic acids is 1. The molecule has 1 fully saturated rings. The molecule has 7 nitrogen and oxygen atoms in total. The molecule has 0 saturated carbocycles. The highest BCUT2D eigenvalue weighted by Gasteiger charge is 2.30. The van der Waals surface area contributed by atoms with Gasteiger partial charge in [-0.3, -0.25) is 9.59 Å². The number of aromatic nitrogens is 2. The van der Waals surface area contributed by atoms with Crippen LogP contribution in [0.5, 0.6) is 0 Å². The van der Waals surface area contributed by atoms with Crippen LogP contribution in [0.25, 0.3) is 11.4 Å². The van der Waals surface area contributed by atoms with Crippen molar-refractivity contribution >= 4 is 23.5 Å². The number of hydrogen-bond acceptors (Lipinski definition) is 5. The number of benzene rings is 1. The van der Waals surface area contributed by atoms with Crippen molar-refractivity contribution in [1.82, 2.24) is 15.0 Å². The van der Waals surface area contributed by atoms with Gasteiger partial charge in [-0.25, -0.2) is 0 Å². The second kappa shape index (κ2) is 7.65. The number of likely N-dealkylation sites (tertiary alicyclic amines) is 1. The fourth-order valence-electron chi connectivity index (χ4n) is 2.81. The minimum atomic E-state index is -0.837. The number of carboxylic acid groups (broad SMARTS) is 1. The van der Waals surface area contributed by atoms with Crippen molar-refractivity contribution in [3.05, 3.63) is 35.2 Å². The molecule has 0 bridgehead atoms. The summed E-state index contributed by atoms with van der Waals surface area (Å²) in [5.74, 6) is -0.344. The third-order valence-electron chi connectivity index (χ3n) is 4.24. The molecule has 0 spiro atoms. The molecule has 3 rings (SSSR count). The highest BCUT2D eigenvalue weighted by molar-refractivity contribution is 6.30. The summed E-state index contributed by atoms with van der Waals surface area (Å²) in [4.78, 5) is 29.0. The third kappa shape index (κ3) is 4.36. The molecular weight excluding hydrogens is 346 g/mol. The summed E-state index contributed by atoms with van der Waals surface area (Å²) in [6.45, 7) is 0.812. The Morgan fingerprint density at radius 3 is 2.76 bits per heavy atom. The van der Waals surface area contributed by atoms with E-state index in [4.69, 9.17) is 21.2 Å². The van der Waals surface area contributed by atoms with Crippen molar-refractivity contribution in [2.24, 2.45) is 5.92 Å². The van der Waals surface area contributed by atoms with Crippen LogP contribution in [0.4, 0.5) is 0 Å². The molecule has 1 aliphatic rings. The molecular formula is C17H18ClN3O4. The number of hydrogen-bond donors (Lipinski definition) is 1. The number of carboxylic acids is 1. The van der Waals surface area contributed by atoms with Crippen LogP contribution in [0, 0.1) is 5.92 Å². The number of aliphatic carboxylic acids is 1. The van der Waals surface area contributed by atoms with Crippen LogP contribution in [0.15, 0.2) is 28.8 Å². The zero-order valence-corrected chi connectivity index (χ0v) is 14.3. The first-order valence-corrected chi connectivity index (χ1v) is 8.50. The maximum atomic E-state index is 12.1. The average molecular weight is 364 g/mol. The fraction of sp³-hybridized carbons (Fsp3) is 0.412. The van der Waals surface area contributed by atoms with Gasteiger partial charge in [0.25, 0.3) is 0 Å². The monoisotopic (exact) mass is 363 g/mol. The molecule has 1 amide bonds. The molecule has 0 radical (unpaired) electrons. The summed E-state index contributed by atoms with van der Waals surface area (Å²) in [5.41, 5.74) is 0.812. The molecule has 132 valence electrons. The zero-order valence-electron chi connectivity index (χ0n) is 13.5. The molecule has 1 aromatic carbocycles. The van der Waals surface area contributed by atoms with E-state index in [1.807, 2.05) is 12.1 Å². The smallest absolute Gasteiger partial charge is 0.308 e. The summed E-state index contributed by atoms with van der Waals surface area (Å²) in [7, 11) is 0. The first kappa shape index (κ1) is 17.4. The molecule has 1 N–H and O–H groups in total. The Morgan fingerprint density at radius 1 is 1.32 bits per heavy atom. The molecule has 0 aliphatic carbocycles. The first-order valence-electron chi connectivity index (χ1n) is 8.12. The van der Waals surface area contributed by atoms with Gasteiger partial charge in [0.05, 0.1) is 5.92 Å². The van der Waals surface area contributed by atoms with Crippen LogP contribution in [0.3, 0.4) is 0 Å². The van der Waals surface area contributed by atoms with E-state index in [9.17, 15) is 9.59 Å². The standard InChI is InChI=1S/C17H18ClN3O4/c18-13-6-4-11(5-7-13)16-19-14(25-20-16)2-1-3-15(22)21-9-8-12(10-21)17(23)24/h4-7,12H,1-3,8-10H2,(H,23,24)/t12-/m0/s1. The van der Waals surface area contributed by atoms with Crippen molar-refractivity contribution in [3.63, 3.8) is 0 Å². The molecule has 1 atom stereocenters. The lowest BCUT2D eigenvalue weighted by Crippen LogP contribution is -2.29. The summed E-state index contributed by atoms with van der Waals surface area (Å²) in [5, 5.41) is 13.5. The summed E-state index contributed by atoms with van der Waals surface area (Å²) >= 11 is 5.85. The van der Waals surface area contributed by atoms with E-state index in [1.54, 1.807) is 17.0 Å². The normalized spacial score (nSPS) is 17.0. The second-order valence-electron chi connectivity index (χ2n) is 6.04. The maximum Gasteiger partial charge on any atom is 0.308 e. The van der Waals surface area contributed by atoms with Crippen LogP contribution in [0.1, 0.15) is 25.2 Å². The number of nitrogens with zero attached hydrogens (tertiary/aromatic N) is 3. The fourth-order valence-corrected chi connectivity index (χ4v) is 2.94. The van der Waals surface area contributed by atoms with Gasteiger partial charge in [0.2, 0.25) is 17.6 Å². The van der Waals surface area contributed by atoms with Crippen molar-refractivity contribution < 1.29 is 19.2 Å². The van der Waals surface area contributed by atoms with Crippen molar-refractivity contribution in [2.45, 2.75) is 25.7 Å². The zero-order chi connectivity index (χ0) is 17.8. The Labute approximate surface area is 149 Å². The first-order chi connectivity index (χ1) is 12.0. The van der Waals surface area contributed by atoms with Crippen LogP contribution < -0.4 is 0 Å². The van der Waals surface area contributed by atoms with Gasteiger partial charge in [0.15, 0.2) is 0 Å². The second-order valence-corrected chi connectivity index (χ2v) is 6.47. The lowest BCUT2D eigenvalue weighted by atomic mass is 10.1. The van der Waals surface area contributed by atoms with Crippen LogP contribution in [0.2, 0.25) is 5.02 Å². The number of aryl methyl sites for hydroxylation is 1. The number of halogens is 1. The van der Waals surface area contributed by atoms with Gasteiger partial charge in [-0.15, -0.1) is 0 Å². The summed E-state index contributed by atoms with van der Waals surface area (Å²) in [6.07, 6.45) is 1.94. The topological polar surface area (TPSA) is 96.5 Å². The van der Waals surface area contributed by atoms with Gasteiger partial charge in [-0.05, 0) is 37.1 Å². The molecule has 2 aromatic rings. The minimum absolute atomic E-state index is 0.0267. The van der Waals surface area contributed by atoms with Gasteiger partial charge in [0, 0.05) is 36.5 Å². The molecule has 0 unspecified atom stereocenters. The van der Waals surface area contributed by atoms with Gasteiger partial charge in [0.1, 0.15) is 0 Å². The molecule has 8 heteroatoms. The molecule has 1 aliphatic heterocycles. The predicted octanol–water partition coefficient (Wildman–Crippen LogP) is 2.65. The lowest BCUT2D eigenvalue weighted by molar-refractivity contribution is -0.141. The van der Waals surface area contributed by atoms with Crippen molar-refractivity contribution in [3.8, 4) is 11.4 Å². The third-order valence-corrected chi connectivity index (χ3v) is 4.49. The van der Waals surface area contributed by atoms with Crippen LogP contribution >= 0.6 is 11.6 Å². The number of amides is 1. The summed E-state index contributed by atoms with van der Waals surface area (Å²) < 4.78 is 5.21. The van der Waals surface area contributed by atoms with E-state index in [2.05, 4.69) is 10.1 Å². The van der Waals surface area contributed by atoms with Crippen LogP contribution in [-0.2, 0) is 16.0 Å². The lowest BCUT2D eigenvalue weighted by Gasteiger charge is -2.15. The van der Waals surface area contributed by atoms with Crippen molar-refractivity contribution in [1.29, 1.82) is 0 Å². The largest absolute Gasteiger partial charge is 0.481 e. The average Bonchev–Trinajstić information content (AvgIpc) is 3.25. The molecule has 1 saturated heterocycles. The SMILES string of the molecule is O=C(O)[C@H]1CCN(C(=O)CCCc2nc(-c3ccc(Cl)cc3)no2)C1. The number of rotatable bonds is 6. The van der Waals surface area contributed by atoms with E-state index >= 15 is 0 Å². The molecule has 25 heavy (non-hydrogen) atoms. The van der Waals surface area contributed by atoms with E-state index in [-0.39, 0.29) is 5.91 Å². The number of carbonyl (C=O) groups is 2. The Bertz CT molecular complexity index is 760. The Balaban J connectivity index is 1.47. The molecule has 2 heterocycles. The van der Waals surface area contributed by atoms with Gasteiger partial charge >= 0.3 is 5.97 Å². The quantitative estimate of drug-likeness (QED) is 0.847. The van der Waals surface area contributed by atoms with Gasteiger partial charge in [-0.1, -0.05) is 16.8 Å². The van der Waals surface area contributed by atoms with E-state index in [1.165, 1.54) is 0 Å². The Kier molecular flexibility index (Phi) is 5.33. The molecule has 1 aromatic heterocycles. The highest BCUT2D eigenvalue weighted by Crippen LogP contribution is 2.20. The Hall–Kier alpha value is -2.41.